The largest absolute Gasteiger partial charge is 0.481 e. The summed E-state index contributed by atoms with van der Waals surface area (Å²) in [6.07, 6.45) is 22.5. The second-order valence-electron chi connectivity index (χ2n) is 9.78. The van der Waals surface area contributed by atoms with Crippen LogP contribution in [-0.4, -0.2) is 23.1 Å². The Labute approximate surface area is 191 Å². The molecular weight excluding hydrogens is 388 g/mol. The summed E-state index contributed by atoms with van der Waals surface area (Å²) >= 11 is 0. The van der Waals surface area contributed by atoms with Crippen LogP contribution in [-0.2, 0) is 14.3 Å². The van der Waals surface area contributed by atoms with Gasteiger partial charge in [-0.25, -0.2) is 0 Å². The topological polar surface area (TPSA) is 63.6 Å². The van der Waals surface area contributed by atoms with Gasteiger partial charge in [0.25, 0.3) is 0 Å². The van der Waals surface area contributed by atoms with E-state index < -0.39 is 5.97 Å². The fraction of sp³-hybridized carbons (Fsp3) is 0.926. The van der Waals surface area contributed by atoms with Crippen molar-refractivity contribution in [2.45, 2.75) is 148 Å². The number of hydrogen-bond donors (Lipinski definition) is 1. The van der Waals surface area contributed by atoms with Crippen molar-refractivity contribution in [1.29, 1.82) is 0 Å². The van der Waals surface area contributed by atoms with Crippen LogP contribution in [0, 0.1) is 11.8 Å². The van der Waals surface area contributed by atoms with E-state index in [4.69, 9.17) is 4.74 Å². The van der Waals surface area contributed by atoms with Crippen molar-refractivity contribution < 1.29 is 19.4 Å². The minimum absolute atomic E-state index is 0.0176. The Hall–Kier alpha value is -1.06. The number of esters is 1. The van der Waals surface area contributed by atoms with Gasteiger partial charge < -0.3 is 9.84 Å². The molecule has 1 fully saturated rings. The number of hydrogen-bond acceptors (Lipinski definition) is 3. The van der Waals surface area contributed by atoms with E-state index in [0.29, 0.717) is 12.8 Å². The van der Waals surface area contributed by atoms with Crippen LogP contribution in [0.4, 0.5) is 0 Å². The van der Waals surface area contributed by atoms with Gasteiger partial charge in [0.1, 0.15) is 6.10 Å². The Morgan fingerprint density at radius 3 is 1.68 bits per heavy atom. The van der Waals surface area contributed by atoms with Crippen LogP contribution >= 0.6 is 0 Å². The summed E-state index contributed by atoms with van der Waals surface area (Å²) in [5.74, 6) is -1.50. The zero-order chi connectivity index (χ0) is 22.7. The fourth-order valence-corrected chi connectivity index (χ4v) is 4.81. The first-order valence-electron chi connectivity index (χ1n) is 13.5. The SMILES string of the molecule is CCCCCCCCCCC(CCCCCCCC)OC(=O)C1CCCC(C(=O)O)C1. The molecule has 0 aliphatic heterocycles. The summed E-state index contributed by atoms with van der Waals surface area (Å²) in [5, 5.41) is 9.31. The van der Waals surface area contributed by atoms with E-state index in [0.717, 1.165) is 38.5 Å². The fourth-order valence-electron chi connectivity index (χ4n) is 4.81. The normalized spacial score (nSPS) is 19.8. The molecule has 4 heteroatoms. The molecule has 0 aromatic rings. The first-order valence-corrected chi connectivity index (χ1v) is 13.5. The Kier molecular flexibility index (Phi) is 16.7. The van der Waals surface area contributed by atoms with Gasteiger partial charge in [0.15, 0.2) is 0 Å². The Bertz CT molecular complexity index is 462. The maximum atomic E-state index is 12.8. The Balaban J connectivity index is 2.38. The van der Waals surface area contributed by atoms with Crippen LogP contribution in [0.2, 0.25) is 0 Å². The van der Waals surface area contributed by atoms with E-state index >= 15 is 0 Å². The van der Waals surface area contributed by atoms with E-state index in [9.17, 15) is 14.7 Å². The molecule has 0 bridgehead atoms. The molecule has 0 radical (unpaired) electrons. The maximum Gasteiger partial charge on any atom is 0.309 e. The van der Waals surface area contributed by atoms with Gasteiger partial charge in [-0.2, -0.15) is 0 Å². The molecule has 4 nitrogen and oxygen atoms in total. The summed E-state index contributed by atoms with van der Waals surface area (Å²) < 4.78 is 5.97. The molecule has 3 unspecified atom stereocenters. The van der Waals surface area contributed by atoms with Gasteiger partial charge in [-0.15, -0.1) is 0 Å². The molecule has 1 saturated carbocycles. The molecule has 0 aromatic heterocycles. The minimum Gasteiger partial charge on any atom is -0.481 e. The second kappa shape index (κ2) is 18.5. The van der Waals surface area contributed by atoms with Gasteiger partial charge in [-0.3, -0.25) is 9.59 Å². The zero-order valence-electron chi connectivity index (χ0n) is 20.5. The highest BCUT2D eigenvalue weighted by Crippen LogP contribution is 2.31. The van der Waals surface area contributed by atoms with E-state index in [-0.39, 0.29) is 23.9 Å². The number of carbonyl (C=O) groups is 2. The van der Waals surface area contributed by atoms with Crippen LogP contribution in [0.5, 0.6) is 0 Å². The lowest BCUT2D eigenvalue weighted by atomic mass is 9.81. The molecule has 0 saturated heterocycles. The summed E-state index contributed by atoms with van der Waals surface area (Å²) in [6.45, 7) is 4.49. The monoisotopic (exact) mass is 438 g/mol. The number of carbonyl (C=O) groups excluding carboxylic acids is 1. The Morgan fingerprint density at radius 1 is 0.742 bits per heavy atom. The van der Waals surface area contributed by atoms with Crippen molar-refractivity contribution in [3.05, 3.63) is 0 Å². The van der Waals surface area contributed by atoms with Crippen molar-refractivity contribution in [1.82, 2.24) is 0 Å². The summed E-state index contributed by atoms with van der Waals surface area (Å²) in [6, 6.07) is 0. The van der Waals surface area contributed by atoms with Gasteiger partial charge in [-0.1, -0.05) is 97.3 Å². The molecule has 3 atom stereocenters. The maximum absolute atomic E-state index is 12.8. The molecule has 1 aliphatic carbocycles. The highest BCUT2D eigenvalue weighted by Gasteiger charge is 2.32. The highest BCUT2D eigenvalue weighted by molar-refractivity contribution is 5.75. The van der Waals surface area contributed by atoms with Crippen molar-refractivity contribution in [2.24, 2.45) is 11.8 Å². The van der Waals surface area contributed by atoms with Crippen LogP contribution in [0.15, 0.2) is 0 Å². The molecule has 0 spiro atoms. The molecule has 1 aliphatic rings. The van der Waals surface area contributed by atoms with Gasteiger partial charge in [-0.05, 0) is 44.9 Å². The highest BCUT2D eigenvalue weighted by atomic mass is 16.5. The number of rotatable bonds is 19. The van der Waals surface area contributed by atoms with Gasteiger partial charge in [0, 0.05) is 0 Å². The quantitative estimate of drug-likeness (QED) is 0.163. The second-order valence-corrected chi connectivity index (χ2v) is 9.78. The third kappa shape index (κ3) is 13.9. The van der Waals surface area contributed by atoms with Crippen molar-refractivity contribution in [3.8, 4) is 0 Å². The molecule has 31 heavy (non-hydrogen) atoms. The number of ether oxygens (including phenoxy) is 1. The number of carboxylic acid groups (broad SMARTS) is 1. The van der Waals surface area contributed by atoms with E-state index in [1.807, 2.05) is 0 Å². The van der Waals surface area contributed by atoms with Crippen LogP contribution < -0.4 is 0 Å². The van der Waals surface area contributed by atoms with E-state index in [1.54, 1.807) is 0 Å². The predicted molar refractivity (Wildman–Crippen MR) is 128 cm³/mol. The average molecular weight is 439 g/mol. The number of unbranched alkanes of at least 4 members (excludes halogenated alkanes) is 12. The molecule has 182 valence electrons. The molecule has 0 heterocycles. The predicted octanol–water partition coefficient (Wildman–Crippen LogP) is 8.07. The first-order chi connectivity index (χ1) is 15.1. The van der Waals surface area contributed by atoms with Gasteiger partial charge >= 0.3 is 11.9 Å². The molecule has 0 aromatic carbocycles. The van der Waals surface area contributed by atoms with E-state index in [1.165, 1.54) is 77.0 Å². The number of aliphatic carboxylic acids is 1. The average Bonchev–Trinajstić information content (AvgIpc) is 2.77. The van der Waals surface area contributed by atoms with E-state index in [2.05, 4.69) is 13.8 Å². The van der Waals surface area contributed by atoms with Crippen LogP contribution in [0.25, 0.3) is 0 Å². The minimum atomic E-state index is -0.764. The standard InChI is InChI=1S/C27H50O4/c1-3-5-7-9-11-12-14-16-21-25(20-15-13-10-8-6-4-2)31-27(30)24-19-17-18-23(22-24)26(28)29/h23-25H,3-22H2,1-2H3,(H,28,29). The number of carboxylic acids is 1. The van der Waals surface area contributed by atoms with Gasteiger partial charge in [0.2, 0.25) is 0 Å². The van der Waals surface area contributed by atoms with Crippen molar-refractivity contribution in [3.63, 3.8) is 0 Å². The van der Waals surface area contributed by atoms with Gasteiger partial charge in [0.05, 0.1) is 11.8 Å². The molecular formula is C27H50O4. The third-order valence-electron chi connectivity index (χ3n) is 6.90. The molecule has 1 rings (SSSR count). The molecule has 0 amide bonds. The summed E-state index contributed by atoms with van der Waals surface area (Å²) in [7, 11) is 0. The first kappa shape index (κ1) is 28.0. The lowest BCUT2D eigenvalue weighted by Crippen LogP contribution is -2.31. The Morgan fingerprint density at radius 2 is 1.19 bits per heavy atom. The van der Waals surface area contributed by atoms with Crippen molar-refractivity contribution in [2.75, 3.05) is 0 Å². The summed E-state index contributed by atoms with van der Waals surface area (Å²) in [4.78, 5) is 24.1. The lowest BCUT2D eigenvalue weighted by Gasteiger charge is -2.27. The third-order valence-corrected chi connectivity index (χ3v) is 6.90. The summed E-state index contributed by atoms with van der Waals surface area (Å²) in [5.41, 5.74) is 0. The smallest absolute Gasteiger partial charge is 0.309 e. The zero-order valence-corrected chi connectivity index (χ0v) is 20.5. The lowest BCUT2D eigenvalue weighted by molar-refractivity contribution is -0.158. The van der Waals surface area contributed by atoms with Crippen molar-refractivity contribution >= 4 is 11.9 Å². The van der Waals surface area contributed by atoms with Crippen LogP contribution in [0.1, 0.15) is 142 Å². The van der Waals surface area contributed by atoms with Crippen LogP contribution in [0.3, 0.4) is 0 Å². The molecule has 1 N–H and O–H groups in total.